The molecule has 0 aromatic heterocycles. The number of nitrogens with zero attached hydrogens (tertiary/aromatic N) is 2. The lowest BCUT2D eigenvalue weighted by Crippen LogP contribution is -2.50. The van der Waals surface area contributed by atoms with Gasteiger partial charge in [0, 0.05) is 45.8 Å². The molecule has 0 bridgehead atoms. The van der Waals surface area contributed by atoms with Crippen LogP contribution in [0.5, 0.6) is 0 Å². The molecule has 33 heavy (non-hydrogen) atoms. The lowest BCUT2D eigenvalue weighted by molar-refractivity contribution is -0.127. The maximum atomic E-state index is 13.2. The highest BCUT2D eigenvalue weighted by molar-refractivity contribution is 5.79. The van der Waals surface area contributed by atoms with Crippen LogP contribution in [0.4, 0.5) is 0 Å². The Morgan fingerprint density at radius 2 is 1.70 bits per heavy atom. The molecule has 2 fully saturated rings. The van der Waals surface area contributed by atoms with E-state index in [-0.39, 0.29) is 11.8 Å². The van der Waals surface area contributed by atoms with Gasteiger partial charge in [-0.15, -0.1) is 0 Å². The normalized spacial score (nSPS) is 22.2. The van der Waals surface area contributed by atoms with Crippen molar-refractivity contribution in [3.05, 3.63) is 70.8 Å². The molecule has 0 saturated carbocycles. The van der Waals surface area contributed by atoms with Crippen LogP contribution in [-0.2, 0) is 22.5 Å². The van der Waals surface area contributed by atoms with Crippen molar-refractivity contribution < 1.29 is 9.53 Å². The fraction of sp³-hybridized carbons (Fsp3) is 0.536. The Balaban J connectivity index is 1.37. The molecule has 178 valence electrons. The summed E-state index contributed by atoms with van der Waals surface area (Å²) >= 11 is 0. The van der Waals surface area contributed by atoms with E-state index in [1.165, 1.54) is 22.3 Å². The Bertz CT molecular complexity index is 875. The van der Waals surface area contributed by atoms with E-state index in [1.54, 1.807) is 0 Å². The summed E-state index contributed by atoms with van der Waals surface area (Å²) in [5, 5.41) is 3.24. The first-order chi connectivity index (χ1) is 16.0. The van der Waals surface area contributed by atoms with Gasteiger partial charge < -0.3 is 15.0 Å². The highest BCUT2D eigenvalue weighted by Crippen LogP contribution is 2.24. The van der Waals surface area contributed by atoms with Crippen molar-refractivity contribution in [2.45, 2.75) is 33.2 Å². The maximum absolute atomic E-state index is 13.2. The zero-order valence-electron chi connectivity index (χ0n) is 20.3. The number of ether oxygens (including phenoxy) is 1. The number of rotatable bonds is 8. The van der Waals surface area contributed by atoms with Gasteiger partial charge in [-0.25, -0.2) is 0 Å². The summed E-state index contributed by atoms with van der Waals surface area (Å²) in [4.78, 5) is 18.3. The summed E-state index contributed by atoms with van der Waals surface area (Å²) in [7, 11) is 0. The van der Waals surface area contributed by atoms with E-state index in [0.29, 0.717) is 12.5 Å². The SMILES string of the molecule is Cc1cc(C)cc(CNC(=O)[C@@H]2C[C@H](CN3CCOCC3)CN(CCc3ccccc3)C2)c1. The average molecular weight is 450 g/mol. The number of hydrogen-bond donors (Lipinski definition) is 1. The maximum Gasteiger partial charge on any atom is 0.224 e. The van der Waals surface area contributed by atoms with Crippen LogP contribution < -0.4 is 5.32 Å². The highest BCUT2D eigenvalue weighted by atomic mass is 16.5. The second-order valence-corrected chi connectivity index (χ2v) is 9.92. The Labute approximate surface area is 199 Å². The molecule has 2 atom stereocenters. The van der Waals surface area contributed by atoms with Crippen LogP contribution in [0.15, 0.2) is 48.5 Å². The first-order valence-corrected chi connectivity index (χ1v) is 12.5. The Morgan fingerprint density at radius 3 is 2.42 bits per heavy atom. The van der Waals surface area contributed by atoms with E-state index in [9.17, 15) is 4.79 Å². The molecule has 0 aliphatic carbocycles. The number of likely N-dealkylation sites (tertiary alicyclic amines) is 1. The van der Waals surface area contributed by atoms with Crippen LogP contribution >= 0.6 is 0 Å². The minimum absolute atomic E-state index is 0.0477. The van der Waals surface area contributed by atoms with Crippen molar-refractivity contribution in [3.63, 3.8) is 0 Å². The molecular weight excluding hydrogens is 410 g/mol. The van der Waals surface area contributed by atoms with Crippen molar-refractivity contribution >= 4 is 5.91 Å². The smallest absolute Gasteiger partial charge is 0.224 e. The molecule has 0 spiro atoms. The van der Waals surface area contributed by atoms with Gasteiger partial charge >= 0.3 is 0 Å². The second kappa shape index (κ2) is 11.8. The summed E-state index contributed by atoms with van der Waals surface area (Å²) in [5.74, 6) is 0.765. The summed E-state index contributed by atoms with van der Waals surface area (Å²) in [6.45, 7) is 12.5. The molecule has 2 aliphatic heterocycles. The molecule has 1 amide bonds. The minimum Gasteiger partial charge on any atom is -0.379 e. The molecule has 5 nitrogen and oxygen atoms in total. The van der Waals surface area contributed by atoms with Crippen molar-refractivity contribution in [1.29, 1.82) is 0 Å². The standard InChI is InChI=1S/C28H39N3O2/c1-22-14-23(2)16-25(15-22)18-29-28(32)27-17-26(19-30-10-12-33-13-11-30)20-31(21-27)9-8-24-6-4-3-5-7-24/h3-7,14-16,26-27H,8-13,17-21H2,1-2H3,(H,29,32)/t26-,27-/m1/s1. The summed E-state index contributed by atoms with van der Waals surface area (Å²) in [6.07, 6.45) is 2.00. The number of amides is 1. The molecule has 2 saturated heterocycles. The zero-order chi connectivity index (χ0) is 23.0. The van der Waals surface area contributed by atoms with Gasteiger partial charge in [0.05, 0.1) is 19.1 Å². The number of piperidine rings is 1. The van der Waals surface area contributed by atoms with E-state index in [0.717, 1.165) is 65.3 Å². The van der Waals surface area contributed by atoms with Crippen LogP contribution in [0.3, 0.4) is 0 Å². The number of carbonyl (C=O) groups excluding carboxylic acids is 1. The molecule has 2 aliphatic rings. The van der Waals surface area contributed by atoms with E-state index in [2.05, 4.69) is 77.5 Å². The molecule has 1 N–H and O–H groups in total. The van der Waals surface area contributed by atoms with E-state index >= 15 is 0 Å². The molecule has 5 heteroatoms. The molecule has 2 aromatic carbocycles. The number of benzene rings is 2. The number of aryl methyl sites for hydroxylation is 2. The van der Waals surface area contributed by atoms with Crippen LogP contribution in [-0.4, -0.2) is 68.2 Å². The lowest BCUT2D eigenvalue weighted by Gasteiger charge is -2.40. The summed E-state index contributed by atoms with van der Waals surface area (Å²) in [6, 6.07) is 17.2. The minimum atomic E-state index is 0.0477. The van der Waals surface area contributed by atoms with Crippen LogP contribution in [0.2, 0.25) is 0 Å². The van der Waals surface area contributed by atoms with Gasteiger partial charge in [-0.1, -0.05) is 59.7 Å². The summed E-state index contributed by atoms with van der Waals surface area (Å²) in [5.41, 5.74) is 5.04. The van der Waals surface area contributed by atoms with E-state index in [4.69, 9.17) is 4.74 Å². The van der Waals surface area contributed by atoms with Gasteiger partial charge in [0.1, 0.15) is 0 Å². The van der Waals surface area contributed by atoms with Gasteiger partial charge in [-0.05, 0) is 43.7 Å². The first kappa shape index (κ1) is 23.9. The lowest BCUT2D eigenvalue weighted by atomic mass is 9.87. The van der Waals surface area contributed by atoms with Crippen LogP contribution in [0, 0.1) is 25.7 Å². The number of morpholine rings is 1. The van der Waals surface area contributed by atoms with Gasteiger partial charge in [0.25, 0.3) is 0 Å². The quantitative estimate of drug-likeness (QED) is 0.671. The van der Waals surface area contributed by atoms with Gasteiger partial charge in [0.2, 0.25) is 5.91 Å². The first-order valence-electron chi connectivity index (χ1n) is 12.5. The third-order valence-electron chi connectivity index (χ3n) is 6.91. The molecule has 2 heterocycles. The topological polar surface area (TPSA) is 44.8 Å². The van der Waals surface area contributed by atoms with Crippen molar-refractivity contribution in [3.8, 4) is 0 Å². The predicted octanol–water partition coefficient (Wildman–Crippen LogP) is 3.43. The van der Waals surface area contributed by atoms with E-state index < -0.39 is 0 Å². The van der Waals surface area contributed by atoms with Crippen LogP contribution in [0.25, 0.3) is 0 Å². The van der Waals surface area contributed by atoms with Crippen LogP contribution in [0.1, 0.15) is 28.7 Å². The monoisotopic (exact) mass is 449 g/mol. The van der Waals surface area contributed by atoms with Gasteiger partial charge in [0.15, 0.2) is 0 Å². The highest BCUT2D eigenvalue weighted by Gasteiger charge is 2.32. The molecule has 0 unspecified atom stereocenters. The molecule has 4 rings (SSSR count). The second-order valence-electron chi connectivity index (χ2n) is 9.92. The molecule has 2 aromatic rings. The van der Waals surface area contributed by atoms with Crippen molar-refractivity contribution in [2.75, 3.05) is 52.5 Å². The number of nitrogens with one attached hydrogen (secondary N) is 1. The fourth-order valence-electron chi connectivity index (χ4n) is 5.39. The van der Waals surface area contributed by atoms with Gasteiger partial charge in [-0.3, -0.25) is 9.69 Å². The fourth-order valence-corrected chi connectivity index (χ4v) is 5.39. The largest absolute Gasteiger partial charge is 0.379 e. The van der Waals surface area contributed by atoms with Gasteiger partial charge in [-0.2, -0.15) is 0 Å². The Morgan fingerprint density at radius 1 is 0.970 bits per heavy atom. The summed E-state index contributed by atoms with van der Waals surface area (Å²) < 4.78 is 5.53. The van der Waals surface area contributed by atoms with Crippen molar-refractivity contribution in [2.24, 2.45) is 11.8 Å². The zero-order valence-corrected chi connectivity index (χ0v) is 20.3. The van der Waals surface area contributed by atoms with E-state index in [1.807, 2.05) is 0 Å². The average Bonchev–Trinajstić information content (AvgIpc) is 2.82. The number of hydrogen-bond acceptors (Lipinski definition) is 4. The third-order valence-corrected chi connectivity index (χ3v) is 6.91. The molecular formula is C28H39N3O2. The number of carbonyl (C=O) groups is 1. The molecule has 0 radical (unpaired) electrons. The third kappa shape index (κ3) is 7.39. The predicted molar refractivity (Wildman–Crippen MR) is 133 cm³/mol. The Hall–Kier alpha value is -2.21. The Kier molecular flexibility index (Phi) is 8.54. The van der Waals surface area contributed by atoms with Crippen molar-refractivity contribution in [1.82, 2.24) is 15.1 Å².